The van der Waals surface area contributed by atoms with Gasteiger partial charge >= 0.3 is 0 Å². The van der Waals surface area contributed by atoms with E-state index in [9.17, 15) is 0 Å². The molecule has 0 aromatic heterocycles. The number of benzene rings is 1. The predicted molar refractivity (Wildman–Crippen MR) is 81.2 cm³/mol. The molecular formula is C16H26ClN. The first-order chi connectivity index (χ1) is 8.28. The Balaban J connectivity index is 2.63. The lowest BCUT2D eigenvalue weighted by Gasteiger charge is -2.27. The maximum atomic E-state index is 6.04. The van der Waals surface area contributed by atoms with Gasteiger partial charge < -0.3 is 5.32 Å². The van der Waals surface area contributed by atoms with E-state index in [1.807, 2.05) is 12.1 Å². The van der Waals surface area contributed by atoms with E-state index in [2.05, 4.69) is 52.1 Å². The second kappa shape index (κ2) is 6.58. The minimum atomic E-state index is 0.182. The molecule has 1 aromatic carbocycles. The zero-order valence-corrected chi connectivity index (χ0v) is 13.0. The molecule has 0 radical (unpaired) electrons. The van der Waals surface area contributed by atoms with Crippen molar-refractivity contribution in [1.29, 1.82) is 0 Å². The summed E-state index contributed by atoms with van der Waals surface area (Å²) in [6.45, 7) is 12.3. The highest BCUT2D eigenvalue weighted by Crippen LogP contribution is 2.20. The third-order valence-corrected chi connectivity index (χ3v) is 3.46. The highest BCUT2D eigenvalue weighted by atomic mass is 35.5. The summed E-state index contributed by atoms with van der Waals surface area (Å²) in [5.41, 5.74) is 1.51. The zero-order valence-electron chi connectivity index (χ0n) is 12.3. The maximum absolute atomic E-state index is 6.04. The minimum absolute atomic E-state index is 0.182. The molecule has 0 saturated carbocycles. The molecule has 0 saturated heterocycles. The van der Waals surface area contributed by atoms with Crippen molar-refractivity contribution in [2.45, 2.75) is 46.6 Å². The first kappa shape index (κ1) is 15.5. The van der Waals surface area contributed by atoms with Crippen LogP contribution in [0.25, 0.3) is 0 Å². The van der Waals surface area contributed by atoms with Gasteiger partial charge in [0.05, 0.1) is 0 Å². The van der Waals surface area contributed by atoms with Gasteiger partial charge in [-0.25, -0.2) is 0 Å². The molecule has 1 rings (SSSR count). The summed E-state index contributed by atoms with van der Waals surface area (Å²) in [6.07, 6.45) is 1.08. The molecule has 1 atom stereocenters. The molecule has 18 heavy (non-hydrogen) atoms. The summed E-state index contributed by atoms with van der Waals surface area (Å²) >= 11 is 6.04. The van der Waals surface area contributed by atoms with Gasteiger partial charge in [0, 0.05) is 10.6 Å². The highest BCUT2D eigenvalue weighted by Gasteiger charge is 2.17. The monoisotopic (exact) mass is 267 g/mol. The predicted octanol–water partition coefficient (Wildman–Crippen LogP) is 4.54. The van der Waals surface area contributed by atoms with E-state index < -0.39 is 0 Å². The summed E-state index contributed by atoms with van der Waals surface area (Å²) in [5.74, 6) is 1.31. The molecule has 0 spiro atoms. The molecule has 0 aliphatic carbocycles. The molecule has 1 aromatic rings. The number of hydrogen-bond donors (Lipinski definition) is 1. The van der Waals surface area contributed by atoms with Crippen LogP contribution in [-0.2, 0) is 6.42 Å². The fourth-order valence-electron chi connectivity index (χ4n) is 1.95. The van der Waals surface area contributed by atoms with Crippen molar-refractivity contribution in [3.63, 3.8) is 0 Å². The summed E-state index contributed by atoms with van der Waals surface area (Å²) in [4.78, 5) is 0. The van der Waals surface area contributed by atoms with Crippen molar-refractivity contribution in [3.05, 3.63) is 34.9 Å². The lowest BCUT2D eigenvalue weighted by molar-refractivity contribution is 0.312. The van der Waals surface area contributed by atoms with E-state index in [0.29, 0.717) is 11.8 Å². The first-order valence-electron chi connectivity index (χ1n) is 6.77. The van der Waals surface area contributed by atoms with Crippen LogP contribution in [0.5, 0.6) is 0 Å². The molecule has 1 N–H and O–H groups in total. The highest BCUT2D eigenvalue weighted by molar-refractivity contribution is 6.30. The van der Waals surface area contributed by atoms with Gasteiger partial charge in [-0.2, -0.15) is 0 Å². The van der Waals surface area contributed by atoms with E-state index in [1.165, 1.54) is 5.56 Å². The van der Waals surface area contributed by atoms with Crippen LogP contribution < -0.4 is 5.32 Å². The van der Waals surface area contributed by atoms with E-state index in [1.54, 1.807) is 0 Å². The Morgan fingerprint density at radius 2 is 1.89 bits per heavy atom. The molecule has 0 fully saturated rings. The van der Waals surface area contributed by atoms with Crippen LogP contribution in [-0.4, -0.2) is 12.1 Å². The van der Waals surface area contributed by atoms with E-state index in [4.69, 9.17) is 11.6 Å². The molecule has 1 unspecified atom stereocenters. The minimum Gasteiger partial charge on any atom is -0.312 e. The topological polar surface area (TPSA) is 12.0 Å². The standard InChI is InChI=1S/C16H26ClN/c1-12(2)14(11-18-16(3,4)5)9-13-7-6-8-15(17)10-13/h6-8,10,12,14,18H,9,11H2,1-5H3. The van der Waals surface area contributed by atoms with Crippen molar-refractivity contribution in [2.24, 2.45) is 11.8 Å². The Bertz CT molecular complexity index is 366. The average Bonchev–Trinajstić information content (AvgIpc) is 2.22. The number of rotatable bonds is 5. The quantitative estimate of drug-likeness (QED) is 0.826. The van der Waals surface area contributed by atoms with Crippen molar-refractivity contribution in [1.82, 2.24) is 5.32 Å². The lowest BCUT2D eigenvalue weighted by atomic mass is 9.88. The summed E-state index contributed by atoms with van der Waals surface area (Å²) < 4.78 is 0. The summed E-state index contributed by atoms with van der Waals surface area (Å²) in [7, 11) is 0. The zero-order chi connectivity index (χ0) is 13.8. The second-order valence-electron chi connectivity index (χ2n) is 6.47. The van der Waals surface area contributed by atoms with Gasteiger partial charge in [-0.3, -0.25) is 0 Å². The lowest BCUT2D eigenvalue weighted by Crippen LogP contribution is -2.40. The molecule has 0 bridgehead atoms. The van der Waals surface area contributed by atoms with Gasteiger partial charge in [-0.15, -0.1) is 0 Å². The molecule has 0 heterocycles. The molecule has 0 amide bonds. The SMILES string of the molecule is CC(C)C(CNC(C)(C)C)Cc1cccc(Cl)c1. The normalized spacial score (nSPS) is 13.9. The number of nitrogens with one attached hydrogen (secondary N) is 1. The van der Waals surface area contributed by atoms with Gasteiger partial charge in [-0.05, 0) is 63.3 Å². The Morgan fingerprint density at radius 1 is 1.22 bits per heavy atom. The van der Waals surface area contributed by atoms with Crippen molar-refractivity contribution in [3.8, 4) is 0 Å². The second-order valence-corrected chi connectivity index (χ2v) is 6.91. The van der Waals surface area contributed by atoms with Crippen LogP contribution in [0.3, 0.4) is 0 Å². The molecule has 2 heteroatoms. The fourth-order valence-corrected chi connectivity index (χ4v) is 2.16. The number of hydrogen-bond acceptors (Lipinski definition) is 1. The first-order valence-corrected chi connectivity index (χ1v) is 7.15. The maximum Gasteiger partial charge on any atom is 0.0408 e. The molecular weight excluding hydrogens is 242 g/mol. The van der Waals surface area contributed by atoms with Crippen molar-refractivity contribution >= 4 is 11.6 Å². The Labute approximate surface area is 117 Å². The Kier molecular flexibility index (Phi) is 5.68. The van der Waals surface area contributed by atoms with Crippen molar-refractivity contribution < 1.29 is 0 Å². The van der Waals surface area contributed by atoms with E-state index in [0.717, 1.165) is 18.0 Å². The van der Waals surface area contributed by atoms with Crippen LogP contribution >= 0.6 is 11.6 Å². The Morgan fingerprint density at radius 3 is 2.39 bits per heavy atom. The van der Waals surface area contributed by atoms with Crippen LogP contribution in [0.1, 0.15) is 40.2 Å². The third kappa shape index (κ3) is 5.88. The van der Waals surface area contributed by atoms with Gasteiger partial charge in [0.2, 0.25) is 0 Å². The van der Waals surface area contributed by atoms with Crippen LogP contribution in [0.15, 0.2) is 24.3 Å². The van der Waals surface area contributed by atoms with Gasteiger partial charge in [0.1, 0.15) is 0 Å². The molecule has 1 nitrogen and oxygen atoms in total. The van der Waals surface area contributed by atoms with Crippen LogP contribution in [0, 0.1) is 11.8 Å². The molecule has 102 valence electrons. The van der Waals surface area contributed by atoms with Gasteiger partial charge in [0.15, 0.2) is 0 Å². The largest absolute Gasteiger partial charge is 0.312 e. The van der Waals surface area contributed by atoms with Gasteiger partial charge in [-0.1, -0.05) is 37.6 Å². The van der Waals surface area contributed by atoms with Gasteiger partial charge in [0.25, 0.3) is 0 Å². The smallest absolute Gasteiger partial charge is 0.0408 e. The third-order valence-electron chi connectivity index (χ3n) is 3.22. The summed E-state index contributed by atoms with van der Waals surface area (Å²) in [6, 6.07) is 8.21. The molecule has 0 aliphatic heterocycles. The van der Waals surface area contributed by atoms with E-state index in [-0.39, 0.29) is 5.54 Å². The van der Waals surface area contributed by atoms with E-state index >= 15 is 0 Å². The molecule has 0 aliphatic rings. The number of halogens is 1. The summed E-state index contributed by atoms with van der Waals surface area (Å²) in [5, 5.41) is 4.44. The fraction of sp³-hybridized carbons (Fsp3) is 0.625. The average molecular weight is 268 g/mol. The Hall–Kier alpha value is -0.530. The van der Waals surface area contributed by atoms with Crippen LogP contribution in [0.4, 0.5) is 0 Å². The van der Waals surface area contributed by atoms with Crippen LogP contribution in [0.2, 0.25) is 5.02 Å². The van der Waals surface area contributed by atoms with Crippen molar-refractivity contribution in [2.75, 3.05) is 6.54 Å².